The number of hydrogen-bond acceptors (Lipinski definition) is 5. The Balaban J connectivity index is 4.56. The van der Waals surface area contributed by atoms with Gasteiger partial charge in [0.1, 0.15) is 0 Å². The van der Waals surface area contributed by atoms with Gasteiger partial charge in [0.05, 0.1) is 0 Å². The maximum atomic E-state index is 6.16. The van der Waals surface area contributed by atoms with Gasteiger partial charge in [0.25, 0.3) is 0 Å². The van der Waals surface area contributed by atoms with Crippen LogP contribution in [0.3, 0.4) is 0 Å². The maximum Gasteiger partial charge on any atom is 0.337 e. The van der Waals surface area contributed by atoms with Gasteiger partial charge >= 0.3 is 8.56 Å². The van der Waals surface area contributed by atoms with E-state index in [0.29, 0.717) is 0 Å². The molecule has 0 bridgehead atoms. The largest absolute Gasteiger partial charge is 0.394 e. The van der Waals surface area contributed by atoms with Gasteiger partial charge in [-0.3, -0.25) is 0 Å². The summed E-state index contributed by atoms with van der Waals surface area (Å²) < 4.78 is 12.3. The molecule has 0 rings (SSSR count). The van der Waals surface area contributed by atoms with Crippen LogP contribution in [0, 0.1) is 0 Å². The van der Waals surface area contributed by atoms with Crippen LogP contribution in [-0.4, -0.2) is 96.4 Å². The molecule has 0 aliphatic carbocycles. The summed E-state index contributed by atoms with van der Waals surface area (Å²) in [6.07, 6.45) is 6.18. The predicted octanol–water partition coefficient (Wildman–Crippen LogP) is 4.68. The van der Waals surface area contributed by atoms with Gasteiger partial charge < -0.3 is 23.6 Å². The standard InChI is InChI=1S/C23H53N3O2Si/c1-8-16-24(6)18-13-20-26(21-14-19-25(7)17-9-2)22-15-23-29(12-5,27-10-3)28-11-4/h8-23H2,1-7H3. The normalized spacial score (nSPS) is 12.6. The molecule has 0 radical (unpaired) electrons. The van der Waals surface area contributed by atoms with Crippen molar-refractivity contribution in [2.45, 2.75) is 78.8 Å². The molecule has 5 nitrogen and oxygen atoms in total. The van der Waals surface area contributed by atoms with Crippen LogP contribution in [0.15, 0.2) is 0 Å². The summed E-state index contributed by atoms with van der Waals surface area (Å²) in [6, 6.07) is 2.17. The molecule has 0 aromatic rings. The predicted molar refractivity (Wildman–Crippen MR) is 130 cm³/mol. The fraction of sp³-hybridized carbons (Fsp3) is 1.00. The second-order valence-electron chi connectivity index (χ2n) is 8.39. The first-order valence-electron chi connectivity index (χ1n) is 12.3. The zero-order valence-corrected chi connectivity index (χ0v) is 22.0. The lowest BCUT2D eigenvalue weighted by Gasteiger charge is -2.30. The minimum absolute atomic E-state index is 0.775. The summed E-state index contributed by atoms with van der Waals surface area (Å²) in [5.74, 6) is 0. The van der Waals surface area contributed by atoms with E-state index in [1.807, 2.05) is 0 Å². The van der Waals surface area contributed by atoms with E-state index in [1.54, 1.807) is 0 Å². The Morgan fingerprint density at radius 1 is 0.586 bits per heavy atom. The van der Waals surface area contributed by atoms with Gasteiger partial charge in [-0.05, 0) is 118 Å². The summed E-state index contributed by atoms with van der Waals surface area (Å²) in [5, 5.41) is 0. The van der Waals surface area contributed by atoms with Crippen molar-refractivity contribution in [1.82, 2.24) is 14.7 Å². The molecule has 0 N–H and O–H groups in total. The van der Waals surface area contributed by atoms with Crippen molar-refractivity contribution in [2.24, 2.45) is 0 Å². The highest BCUT2D eigenvalue weighted by Crippen LogP contribution is 2.21. The van der Waals surface area contributed by atoms with Crippen molar-refractivity contribution in [3.8, 4) is 0 Å². The highest BCUT2D eigenvalue weighted by atomic mass is 28.4. The van der Waals surface area contributed by atoms with Crippen molar-refractivity contribution in [1.29, 1.82) is 0 Å². The third-order valence-corrected chi connectivity index (χ3v) is 9.45. The lowest BCUT2D eigenvalue weighted by atomic mass is 10.2. The van der Waals surface area contributed by atoms with Crippen molar-refractivity contribution in [2.75, 3.05) is 73.1 Å². The first-order chi connectivity index (χ1) is 14.0. The molecule has 0 saturated heterocycles. The van der Waals surface area contributed by atoms with E-state index in [4.69, 9.17) is 8.85 Å². The monoisotopic (exact) mass is 431 g/mol. The molecule has 0 fully saturated rings. The van der Waals surface area contributed by atoms with E-state index in [2.05, 4.69) is 63.4 Å². The molecule has 0 aromatic carbocycles. The average molecular weight is 432 g/mol. The Morgan fingerprint density at radius 3 is 1.41 bits per heavy atom. The van der Waals surface area contributed by atoms with Crippen LogP contribution in [0.5, 0.6) is 0 Å². The first-order valence-corrected chi connectivity index (χ1v) is 14.6. The smallest absolute Gasteiger partial charge is 0.337 e. The Bertz CT molecular complexity index is 337. The summed E-state index contributed by atoms with van der Waals surface area (Å²) >= 11 is 0. The van der Waals surface area contributed by atoms with Crippen LogP contribution >= 0.6 is 0 Å². The van der Waals surface area contributed by atoms with E-state index in [-0.39, 0.29) is 0 Å². The molecular weight excluding hydrogens is 378 g/mol. The summed E-state index contributed by atoms with van der Waals surface area (Å²) in [5.41, 5.74) is 0. The lowest BCUT2D eigenvalue weighted by molar-refractivity contribution is 0.178. The van der Waals surface area contributed by atoms with Crippen molar-refractivity contribution < 1.29 is 8.85 Å². The van der Waals surface area contributed by atoms with Gasteiger partial charge in [0.15, 0.2) is 0 Å². The van der Waals surface area contributed by atoms with Gasteiger partial charge in [-0.1, -0.05) is 20.8 Å². The average Bonchev–Trinajstić information content (AvgIpc) is 2.68. The van der Waals surface area contributed by atoms with Gasteiger partial charge in [0, 0.05) is 13.2 Å². The Morgan fingerprint density at radius 2 is 1.03 bits per heavy atom. The Labute approximate surface area is 184 Å². The van der Waals surface area contributed by atoms with Crippen molar-refractivity contribution in [3.63, 3.8) is 0 Å². The summed E-state index contributed by atoms with van der Waals surface area (Å²) in [6.45, 7) is 20.9. The molecule has 0 aliphatic heterocycles. The van der Waals surface area contributed by atoms with Crippen LogP contribution in [-0.2, 0) is 8.85 Å². The molecule has 0 heterocycles. The molecule has 0 unspecified atom stereocenters. The first kappa shape index (κ1) is 29.0. The summed E-state index contributed by atoms with van der Waals surface area (Å²) in [4.78, 5) is 7.62. The fourth-order valence-electron chi connectivity index (χ4n) is 4.12. The van der Waals surface area contributed by atoms with Crippen LogP contribution in [0.2, 0.25) is 12.1 Å². The number of nitrogens with zero attached hydrogens (tertiary/aromatic N) is 3. The molecule has 0 spiro atoms. The maximum absolute atomic E-state index is 6.16. The van der Waals surface area contributed by atoms with Gasteiger partial charge in [-0.15, -0.1) is 0 Å². The third kappa shape index (κ3) is 14.6. The molecule has 0 saturated carbocycles. The molecule has 176 valence electrons. The highest BCUT2D eigenvalue weighted by Gasteiger charge is 2.34. The van der Waals surface area contributed by atoms with Gasteiger partial charge in [-0.2, -0.15) is 0 Å². The van der Waals surface area contributed by atoms with E-state index >= 15 is 0 Å². The number of hydrogen-bond donors (Lipinski definition) is 0. The van der Waals surface area contributed by atoms with E-state index in [9.17, 15) is 0 Å². The zero-order chi connectivity index (χ0) is 22.0. The van der Waals surface area contributed by atoms with E-state index in [1.165, 1.54) is 77.9 Å². The third-order valence-electron chi connectivity index (χ3n) is 5.62. The second-order valence-corrected chi connectivity index (χ2v) is 12.0. The highest BCUT2D eigenvalue weighted by molar-refractivity contribution is 6.67. The molecule has 29 heavy (non-hydrogen) atoms. The zero-order valence-electron chi connectivity index (χ0n) is 21.0. The van der Waals surface area contributed by atoms with Crippen LogP contribution < -0.4 is 0 Å². The topological polar surface area (TPSA) is 28.2 Å². The molecule has 0 aromatic heterocycles. The summed E-state index contributed by atoms with van der Waals surface area (Å²) in [7, 11) is 2.50. The minimum Gasteiger partial charge on any atom is -0.394 e. The SMILES string of the molecule is CCCN(C)CCCN(CCCN(C)CCC)CCC[Si](CC)(OCC)OCC. The van der Waals surface area contributed by atoms with Gasteiger partial charge in [-0.25, -0.2) is 0 Å². The molecule has 0 amide bonds. The lowest BCUT2D eigenvalue weighted by Crippen LogP contribution is -2.42. The van der Waals surface area contributed by atoms with Crippen LogP contribution in [0.25, 0.3) is 0 Å². The fourth-order valence-corrected chi connectivity index (χ4v) is 7.00. The van der Waals surface area contributed by atoms with Crippen LogP contribution in [0.1, 0.15) is 66.7 Å². The number of rotatable bonds is 21. The molecule has 0 aliphatic rings. The van der Waals surface area contributed by atoms with Crippen molar-refractivity contribution >= 4 is 8.56 Å². The van der Waals surface area contributed by atoms with E-state index in [0.717, 1.165) is 25.3 Å². The second kappa shape index (κ2) is 18.8. The quantitative estimate of drug-likeness (QED) is 0.246. The van der Waals surface area contributed by atoms with Gasteiger partial charge in [0.2, 0.25) is 0 Å². The van der Waals surface area contributed by atoms with E-state index < -0.39 is 8.56 Å². The Hall–Kier alpha value is 0.0169. The Kier molecular flexibility index (Phi) is 18.8. The van der Waals surface area contributed by atoms with Crippen LogP contribution in [0.4, 0.5) is 0 Å². The van der Waals surface area contributed by atoms with Crippen molar-refractivity contribution in [3.05, 3.63) is 0 Å². The molecular formula is C23H53N3O2Si. The minimum atomic E-state index is -2.00. The molecule has 6 heteroatoms. The molecule has 0 atom stereocenters.